The lowest BCUT2D eigenvalue weighted by atomic mass is 10.2. The first-order valence-electron chi connectivity index (χ1n) is 7.23. The van der Waals surface area contributed by atoms with Crippen LogP contribution in [0.1, 0.15) is 11.3 Å². The second-order valence-corrected chi connectivity index (χ2v) is 6.12. The zero-order chi connectivity index (χ0) is 18.0. The average Bonchev–Trinajstić information content (AvgIpc) is 3.09. The van der Waals surface area contributed by atoms with Gasteiger partial charge in [-0.2, -0.15) is 5.10 Å². The Bertz CT molecular complexity index is 903. The molecule has 0 aliphatic rings. The van der Waals surface area contributed by atoms with Gasteiger partial charge in [-0.25, -0.2) is 14.1 Å². The molecule has 0 aliphatic heterocycles. The second-order valence-electron chi connectivity index (χ2n) is 5.31. The first kappa shape index (κ1) is 17.4. The molecule has 0 saturated heterocycles. The predicted octanol–water partition coefficient (Wildman–Crippen LogP) is 2.92. The van der Waals surface area contributed by atoms with Crippen LogP contribution in [0.2, 0.25) is 10.0 Å². The third-order valence-corrected chi connectivity index (χ3v) is 4.05. The van der Waals surface area contributed by atoms with Gasteiger partial charge in [-0.15, -0.1) is 5.10 Å². The van der Waals surface area contributed by atoms with Gasteiger partial charge in [-0.05, 0) is 24.6 Å². The van der Waals surface area contributed by atoms with Crippen LogP contribution in [0.15, 0.2) is 30.7 Å². The Kier molecular flexibility index (Phi) is 5.00. The molecule has 0 unspecified atom stereocenters. The molecule has 0 radical (unpaired) electrons. The van der Waals surface area contributed by atoms with Gasteiger partial charge in [0, 0.05) is 11.2 Å². The van der Waals surface area contributed by atoms with Gasteiger partial charge < -0.3 is 0 Å². The summed E-state index contributed by atoms with van der Waals surface area (Å²) in [5, 5.41) is 11.6. The fourth-order valence-corrected chi connectivity index (χ4v) is 2.52. The minimum Gasteiger partial charge on any atom is -0.292 e. The highest BCUT2D eigenvalue weighted by atomic mass is 35.5. The van der Waals surface area contributed by atoms with E-state index in [2.05, 4.69) is 20.5 Å². The Hall–Kier alpha value is -2.45. The number of carbonyl (C=O) groups excluding carboxylic acids is 1. The van der Waals surface area contributed by atoms with E-state index in [1.165, 1.54) is 27.8 Å². The van der Waals surface area contributed by atoms with Crippen molar-refractivity contribution < 1.29 is 9.18 Å². The Morgan fingerprint density at radius 3 is 2.72 bits per heavy atom. The lowest BCUT2D eigenvalue weighted by Gasteiger charge is -2.04. The molecule has 130 valence electrons. The number of hydrogen-bond donors (Lipinski definition) is 1. The molecule has 2 heterocycles. The Morgan fingerprint density at radius 2 is 2.04 bits per heavy atom. The quantitative estimate of drug-likeness (QED) is 0.735. The van der Waals surface area contributed by atoms with E-state index in [0.717, 1.165) is 0 Å². The highest BCUT2D eigenvalue weighted by molar-refractivity contribution is 6.31. The first-order valence-corrected chi connectivity index (χ1v) is 7.99. The van der Waals surface area contributed by atoms with Crippen LogP contribution in [0.3, 0.4) is 0 Å². The molecule has 2 aromatic heterocycles. The van der Waals surface area contributed by atoms with Crippen LogP contribution < -0.4 is 5.32 Å². The summed E-state index contributed by atoms with van der Waals surface area (Å²) in [6.45, 7) is 2.04. The van der Waals surface area contributed by atoms with Crippen LogP contribution in [-0.2, 0) is 17.9 Å². The normalized spacial score (nSPS) is 10.9. The summed E-state index contributed by atoms with van der Waals surface area (Å²) < 4.78 is 16.0. The highest BCUT2D eigenvalue weighted by Gasteiger charge is 2.10. The average molecular weight is 383 g/mol. The number of aromatic nitrogens is 5. The molecular formula is C15H13Cl2FN6O. The standard InChI is InChI=1S/C15H13Cl2FN6O/c1-9-13(17)6-23(21-9)7-14(25)20-15-19-8-24(22-15)5-10-2-3-11(18)4-12(10)16/h2-4,6,8H,5,7H2,1H3,(H,20,22,25). The first-order chi connectivity index (χ1) is 11.9. The molecular weight excluding hydrogens is 370 g/mol. The number of amides is 1. The van der Waals surface area contributed by atoms with E-state index in [1.807, 2.05) is 0 Å². The van der Waals surface area contributed by atoms with Crippen molar-refractivity contribution in [2.75, 3.05) is 5.32 Å². The van der Waals surface area contributed by atoms with Crippen LogP contribution in [0.4, 0.5) is 10.3 Å². The minimum absolute atomic E-state index is 0.00805. The molecule has 7 nitrogen and oxygen atoms in total. The third kappa shape index (κ3) is 4.34. The number of carbonyl (C=O) groups is 1. The fraction of sp³-hybridized carbons (Fsp3) is 0.200. The lowest BCUT2D eigenvalue weighted by Crippen LogP contribution is -2.20. The number of aryl methyl sites for hydroxylation is 1. The topological polar surface area (TPSA) is 77.6 Å². The summed E-state index contributed by atoms with van der Waals surface area (Å²) in [5.41, 5.74) is 1.33. The van der Waals surface area contributed by atoms with Crippen molar-refractivity contribution in [1.29, 1.82) is 0 Å². The van der Waals surface area contributed by atoms with Gasteiger partial charge in [-0.3, -0.25) is 14.8 Å². The van der Waals surface area contributed by atoms with E-state index in [4.69, 9.17) is 23.2 Å². The summed E-state index contributed by atoms with van der Waals surface area (Å²) in [7, 11) is 0. The maximum Gasteiger partial charge on any atom is 0.248 e. The van der Waals surface area contributed by atoms with Crippen LogP contribution in [0.5, 0.6) is 0 Å². The van der Waals surface area contributed by atoms with Gasteiger partial charge in [0.05, 0.1) is 17.3 Å². The van der Waals surface area contributed by atoms with E-state index in [0.29, 0.717) is 27.8 Å². The number of hydrogen-bond acceptors (Lipinski definition) is 4. The molecule has 0 bridgehead atoms. The zero-order valence-corrected chi connectivity index (χ0v) is 14.6. The maximum absolute atomic E-state index is 13.1. The van der Waals surface area contributed by atoms with E-state index in [-0.39, 0.29) is 18.4 Å². The molecule has 0 aliphatic carbocycles. The molecule has 25 heavy (non-hydrogen) atoms. The molecule has 1 N–H and O–H groups in total. The largest absolute Gasteiger partial charge is 0.292 e. The fourth-order valence-electron chi connectivity index (χ4n) is 2.14. The van der Waals surface area contributed by atoms with Gasteiger partial charge in [0.15, 0.2) is 0 Å². The maximum atomic E-state index is 13.1. The lowest BCUT2D eigenvalue weighted by molar-refractivity contribution is -0.116. The van der Waals surface area contributed by atoms with Gasteiger partial charge in [0.1, 0.15) is 18.7 Å². The number of nitrogens with zero attached hydrogens (tertiary/aromatic N) is 5. The van der Waals surface area contributed by atoms with Gasteiger partial charge in [0.25, 0.3) is 0 Å². The van der Waals surface area contributed by atoms with Crippen molar-refractivity contribution in [1.82, 2.24) is 24.5 Å². The van der Waals surface area contributed by atoms with Crippen LogP contribution in [0.25, 0.3) is 0 Å². The van der Waals surface area contributed by atoms with Crippen molar-refractivity contribution in [2.45, 2.75) is 20.0 Å². The number of benzene rings is 1. The molecule has 0 saturated carbocycles. The molecule has 3 rings (SSSR count). The Morgan fingerprint density at radius 1 is 1.24 bits per heavy atom. The van der Waals surface area contributed by atoms with Crippen molar-refractivity contribution in [2.24, 2.45) is 0 Å². The number of anilines is 1. The summed E-state index contributed by atoms with van der Waals surface area (Å²) >= 11 is 11.9. The van der Waals surface area contributed by atoms with E-state index < -0.39 is 5.82 Å². The monoisotopic (exact) mass is 382 g/mol. The van der Waals surface area contributed by atoms with E-state index in [1.54, 1.807) is 19.2 Å². The summed E-state index contributed by atoms with van der Waals surface area (Å²) in [6, 6.07) is 4.12. The molecule has 0 spiro atoms. The van der Waals surface area contributed by atoms with Crippen molar-refractivity contribution in [3.8, 4) is 0 Å². The zero-order valence-electron chi connectivity index (χ0n) is 13.1. The van der Waals surface area contributed by atoms with Crippen molar-refractivity contribution in [3.05, 3.63) is 57.8 Å². The Balaban J connectivity index is 1.62. The molecule has 10 heteroatoms. The number of nitrogens with one attached hydrogen (secondary N) is 1. The summed E-state index contributed by atoms with van der Waals surface area (Å²) in [6.07, 6.45) is 3.02. The van der Waals surface area contributed by atoms with E-state index >= 15 is 0 Å². The van der Waals surface area contributed by atoms with Crippen LogP contribution >= 0.6 is 23.2 Å². The molecule has 0 fully saturated rings. The third-order valence-electron chi connectivity index (χ3n) is 3.33. The number of rotatable bonds is 5. The van der Waals surface area contributed by atoms with Gasteiger partial charge >= 0.3 is 0 Å². The molecule has 0 atom stereocenters. The van der Waals surface area contributed by atoms with Crippen LogP contribution in [-0.4, -0.2) is 30.5 Å². The summed E-state index contributed by atoms with van der Waals surface area (Å²) in [5.74, 6) is -0.593. The molecule has 1 amide bonds. The predicted molar refractivity (Wildman–Crippen MR) is 91.1 cm³/mol. The Labute approximate surface area is 152 Å². The molecule has 3 aromatic rings. The minimum atomic E-state index is -0.408. The van der Waals surface area contributed by atoms with Crippen LogP contribution in [0, 0.1) is 12.7 Å². The summed E-state index contributed by atoms with van der Waals surface area (Å²) in [4.78, 5) is 16.0. The van der Waals surface area contributed by atoms with Crippen molar-refractivity contribution >= 4 is 35.1 Å². The van der Waals surface area contributed by atoms with Gasteiger partial charge in [0.2, 0.25) is 11.9 Å². The SMILES string of the molecule is Cc1nn(CC(=O)Nc2ncn(Cc3ccc(F)cc3Cl)n2)cc1Cl. The number of halogens is 3. The van der Waals surface area contributed by atoms with Crippen molar-refractivity contribution in [3.63, 3.8) is 0 Å². The smallest absolute Gasteiger partial charge is 0.248 e. The molecule has 1 aromatic carbocycles. The second kappa shape index (κ2) is 7.20. The van der Waals surface area contributed by atoms with Gasteiger partial charge in [-0.1, -0.05) is 29.3 Å². The highest BCUT2D eigenvalue weighted by Crippen LogP contribution is 2.18. The van der Waals surface area contributed by atoms with E-state index in [9.17, 15) is 9.18 Å².